The van der Waals surface area contributed by atoms with Crippen LogP contribution in [0, 0.1) is 6.92 Å². The molecule has 1 aromatic heterocycles. The molecule has 0 N–H and O–H groups in total. The predicted molar refractivity (Wildman–Crippen MR) is 147 cm³/mol. The van der Waals surface area contributed by atoms with Gasteiger partial charge in [-0.15, -0.1) is 10.2 Å². The molecule has 1 aliphatic heterocycles. The van der Waals surface area contributed by atoms with E-state index in [1.165, 1.54) is 26.0 Å². The van der Waals surface area contributed by atoms with Crippen LogP contribution < -0.4 is 19.1 Å². The van der Waals surface area contributed by atoms with Crippen LogP contribution in [0.4, 0.5) is 11.4 Å². The quantitative estimate of drug-likeness (QED) is 0.340. The number of ether oxygens (including phenoxy) is 5. The van der Waals surface area contributed by atoms with Crippen LogP contribution in [0.15, 0.2) is 40.4 Å². The molecular weight excluding hydrogens is 504 g/mol. The highest BCUT2D eigenvalue weighted by Crippen LogP contribution is 2.41. The second-order valence-corrected chi connectivity index (χ2v) is 8.51. The van der Waals surface area contributed by atoms with Gasteiger partial charge in [0.2, 0.25) is 5.82 Å². The topological polar surface area (TPSA) is 122 Å². The SMILES string of the molecule is CCN(CCOC)c1ccc(N=C2C(C(=O)OC)=Nn3c2nnc3-c2cc(OC)cc(OC)c2OC)c(C)c1. The minimum atomic E-state index is -0.647. The van der Waals surface area contributed by atoms with E-state index in [1.54, 1.807) is 26.4 Å². The van der Waals surface area contributed by atoms with E-state index in [0.29, 0.717) is 40.9 Å². The number of nitrogens with zero attached hydrogens (tertiary/aromatic N) is 6. The minimum absolute atomic E-state index is 0.0104. The third-order valence-corrected chi connectivity index (χ3v) is 6.31. The standard InChI is InChI=1S/C27H32N6O6/c1-8-32(11-12-35-3)17-9-10-20(16(2)13-17)28-22-23(27(34)39-7)31-33-25(29-30-26(22)33)19-14-18(36-4)15-21(37-5)24(19)38-6/h9-10,13-15H,8,11-12H2,1-7H3. The van der Waals surface area contributed by atoms with Gasteiger partial charge in [-0.05, 0) is 43.7 Å². The van der Waals surface area contributed by atoms with Crippen LogP contribution in [0.1, 0.15) is 18.3 Å². The Balaban J connectivity index is 1.82. The van der Waals surface area contributed by atoms with Crippen LogP contribution in [-0.4, -0.2) is 87.5 Å². The molecule has 1 aliphatic rings. The van der Waals surface area contributed by atoms with Gasteiger partial charge < -0.3 is 28.6 Å². The predicted octanol–water partition coefficient (Wildman–Crippen LogP) is 3.26. The number of aryl methyl sites for hydroxylation is 1. The van der Waals surface area contributed by atoms with Crippen LogP contribution in [0.5, 0.6) is 17.2 Å². The number of carbonyl (C=O) groups is 1. The van der Waals surface area contributed by atoms with E-state index in [4.69, 9.17) is 28.7 Å². The first-order valence-corrected chi connectivity index (χ1v) is 12.3. The van der Waals surface area contributed by atoms with E-state index in [1.807, 2.05) is 25.1 Å². The molecule has 0 bridgehead atoms. The Labute approximate surface area is 226 Å². The summed E-state index contributed by atoms with van der Waals surface area (Å²) in [7, 11) is 7.57. The Hall–Kier alpha value is -4.45. The molecule has 0 saturated heterocycles. The smallest absolute Gasteiger partial charge is 0.360 e. The molecule has 0 spiro atoms. The van der Waals surface area contributed by atoms with Crippen molar-refractivity contribution in [1.82, 2.24) is 14.9 Å². The summed E-state index contributed by atoms with van der Waals surface area (Å²) in [5.74, 6) is 1.32. The molecule has 0 saturated carbocycles. The summed E-state index contributed by atoms with van der Waals surface area (Å²) in [6.45, 7) is 6.27. The lowest BCUT2D eigenvalue weighted by Crippen LogP contribution is -2.26. The summed E-state index contributed by atoms with van der Waals surface area (Å²) in [5, 5.41) is 13.2. The van der Waals surface area contributed by atoms with Crippen molar-refractivity contribution in [2.75, 3.05) is 60.1 Å². The Morgan fingerprint density at radius 1 is 1.00 bits per heavy atom. The molecule has 2 heterocycles. The number of methoxy groups -OCH3 is 5. The zero-order valence-corrected chi connectivity index (χ0v) is 23.1. The molecular formula is C27H32N6O6. The van der Waals surface area contributed by atoms with Gasteiger partial charge in [0.25, 0.3) is 0 Å². The van der Waals surface area contributed by atoms with Crippen molar-refractivity contribution >= 4 is 28.8 Å². The van der Waals surface area contributed by atoms with Crippen LogP contribution in [0.2, 0.25) is 0 Å². The molecule has 0 amide bonds. The number of aliphatic imine (C=N–C) groups is 1. The number of fused-ring (bicyclic) bond motifs is 1. The molecule has 12 nitrogen and oxygen atoms in total. The van der Waals surface area contributed by atoms with E-state index in [9.17, 15) is 4.79 Å². The van der Waals surface area contributed by atoms with Gasteiger partial charge in [-0.1, -0.05) is 0 Å². The molecule has 0 atom stereocenters. The fraction of sp³-hybridized carbons (Fsp3) is 0.370. The molecule has 39 heavy (non-hydrogen) atoms. The number of esters is 1. The third kappa shape index (κ3) is 5.28. The Kier molecular flexibility index (Phi) is 8.45. The van der Waals surface area contributed by atoms with Crippen molar-refractivity contribution < 1.29 is 28.5 Å². The lowest BCUT2D eigenvalue weighted by Gasteiger charge is -2.23. The summed E-state index contributed by atoms with van der Waals surface area (Å²) in [5.41, 5.74) is 3.39. The Morgan fingerprint density at radius 2 is 1.77 bits per heavy atom. The maximum atomic E-state index is 12.7. The molecule has 206 valence electrons. The number of carbonyl (C=O) groups excluding carboxylic acids is 1. The summed E-state index contributed by atoms with van der Waals surface area (Å²) in [4.78, 5) is 19.7. The largest absolute Gasteiger partial charge is 0.497 e. The molecule has 0 radical (unpaired) electrons. The number of likely N-dealkylation sites (N-methyl/N-ethyl adjacent to an activating group) is 1. The second-order valence-electron chi connectivity index (χ2n) is 8.51. The second kappa shape index (κ2) is 11.9. The highest BCUT2D eigenvalue weighted by Gasteiger charge is 2.35. The van der Waals surface area contributed by atoms with Crippen molar-refractivity contribution in [3.05, 3.63) is 41.7 Å². The van der Waals surface area contributed by atoms with Gasteiger partial charge in [-0.25, -0.2) is 9.79 Å². The number of hydrogen-bond acceptors (Lipinski definition) is 11. The average Bonchev–Trinajstić information content (AvgIpc) is 3.53. The van der Waals surface area contributed by atoms with Gasteiger partial charge in [0.05, 0.1) is 46.3 Å². The molecule has 0 unspecified atom stereocenters. The van der Waals surface area contributed by atoms with Crippen LogP contribution in [0.25, 0.3) is 11.4 Å². The van der Waals surface area contributed by atoms with Gasteiger partial charge in [-0.3, -0.25) is 0 Å². The number of anilines is 1. The van der Waals surface area contributed by atoms with Crippen molar-refractivity contribution in [3.63, 3.8) is 0 Å². The van der Waals surface area contributed by atoms with Gasteiger partial charge in [-0.2, -0.15) is 9.78 Å². The Morgan fingerprint density at radius 3 is 2.38 bits per heavy atom. The van der Waals surface area contributed by atoms with E-state index in [2.05, 4.69) is 27.1 Å². The van der Waals surface area contributed by atoms with E-state index in [0.717, 1.165) is 24.3 Å². The highest BCUT2D eigenvalue weighted by atomic mass is 16.5. The normalized spacial score (nSPS) is 13.2. The molecule has 3 aromatic rings. The van der Waals surface area contributed by atoms with Gasteiger partial charge in [0.15, 0.2) is 23.0 Å². The number of aromatic nitrogens is 3. The lowest BCUT2D eigenvalue weighted by molar-refractivity contribution is -0.132. The van der Waals surface area contributed by atoms with Gasteiger partial charge in [0.1, 0.15) is 11.5 Å². The lowest BCUT2D eigenvalue weighted by atomic mass is 10.1. The maximum Gasteiger partial charge on any atom is 0.360 e. The molecule has 12 heteroatoms. The molecule has 0 aliphatic carbocycles. The number of rotatable bonds is 11. The van der Waals surface area contributed by atoms with Gasteiger partial charge in [0, 0.05) is 32.0 Å². The van der Waals surface area contributed by atoms with Crippen molar-refractivity contribution in [3.8, 4) is 28.6 Å². The third-order valence-electron chi connectivity index (χ3n) is 6.31. The van der Waals surface area contributed by atoms with E-state index < -0.39 is 5.97 Å². The van der Waals surface area contributed by atoms with Crippen molar-refractivity contribution in [2.24, 2.45) is 10.1 Å². The van der Waals surface area contributed by atoms with E-state index >= 15 is 0 Å². The van der Waals surface area contributed by atoms with Crippen molar-refractivity contribution in [1.29, 1.82) is 0 Å². The fourth-order valence-electron chi connectivity index (χ4n) is 4.26. The maximum absolute atomic E-state index is 12.7. The first-order chi connectivity index (χ1) is 18.9. The molecule has 0 fully saturated rings. The summed E-state index contributed by atoms with van der Waals surface area (Å²) in [6, 6.07) is 9.36. The average molecular weight is 537 g/mol. The Bertz CT molecular complexity index is 1430. The first kappa shape index (κ1) is 27.6. The zero-order chi connectivity index (χ0) is 28.1. The number of benzene rings is 2. The summed E-state index contributed by atoms with van der Waals surface area (Å²) < 4.78 is 28.2. The number of hydrogen-bond donors (Lipinski definition) is 0. The van der Waals surface area contributed by atoms with E-state index in [-0.39, 0.29) is 17.2 Å². The van der Waals surface area contributed by atoms with Crippen molar-refractivity contribution in [2.45, 2.75) is 13.8 Å². The van der Waals surface area contributed by atoms with Crippen LogP contribution >= 0.6 is 0 Å². The molecule has 4 rings (SSSR count). The molecule has 2 aromatic carbocycles. The highest BCUT2D eigenvalue weighted by molar-refractivity contribution is 6.69. The minimum Gasteiger partial charge on any atom is -0.497 e. The summed E-state index contributed by atoms with van der Waals surface area (Å²) in [6.07, 6.45) is 0. The monoisotopic (exact) mass is 536 g/mol. The van der Waals surface area contributed by atoms with Gasteiger partial charge >= 0.3 is 5.97 Å². The fourth-order valence-corrected chi connectivity index (χ4v) is 4.26. The van der Waals surface area contributed by atoms with Crippen LogP contribution in [0.3, 0.4) is 0 Å². The van der Waals surface area contributed by atoms with Crippen LogP contribution in [-0.2, 0) is 14.3 Å². The zero-order valence-electron chi connectivity index (χ0n) is 23.1. The summed E-state index contributed by atoms with van der Waals surface area (Å²) >= 11 is 0. The first-order valence-electron chi connectivity index (χ1n) is 12.3.